The predicted molar refractivity (Wildman–Crippen MR) is 61.5 cm³/mol. The van der Waals surface area contributed by atoms with E-state index in [4.69, 9.17) is 39.5 Å². The molecule has 0 fully saturated rings. The van der Waals surface area contributed by atoms with Crippen LogP contribution in [0.2, 0.25) is 15.2 Å². The highest BCUT2D eigenvalue weighted by Gasteiger charge is 2.10. The van der Waals surface area contributed by atoms with Gasteiger partial charge in [-0.3, -0.25) is 0 Å². The molecule has 78 valence electrons. The summed E-state index contributed by atoms with van der Waals surface area (Å²) in [5.74, 6) is 0.629. The minimum absolute atomic E-state index is 0.205. The van der Waals surface area contributed by atoms with Crippen LogP contribution in [0.4, 0.5) is 0 Å². The molecule has 2 rings (SSSR count). The van der Waals surface area contributed by atoms with Crippen LogP contribution < -0.4 is 4.74 Å². The van der Waals surface area contributed by atoms with E-state index in [-0.39, 0.29) is 11.0 Å². The molecular formula is C8H3Cl3N2OS. The summed E-state index contributed by atoms with van der Waals surface area (Å²) < 4.78 is 13.0. The fourth-order valence-corrected chi connectivity index (χ4v) is 1.82. The second-order valence-corrected chi connectivity index (χ2v) is 4.27. The minimum atomic E-state index is 0.205. The first kappa shape index (κ1) is 11.0. The Balaban J connectivity index is 2.32. The van der Waals surface area contributed by atoms with Gasteiger partial charge in [0.05, 0.1) is 16.8 Å². The van der Waals surface area contributed by atoms with E-state index in [1.54, 1.807) is 18.2 Å². The standard InChI is InChI=1S/C8H3Cl3N2OS/c9-4-1-2-5(10)6(3-4)14-8-7(11)12-15-13-8/h1-3H. The van der Waals surface area contributed by atoms with Crippen LogP contribution in [0.15, 0.2) is 18.2 Å². The Morgan fingerprint density at radius 2 is 1.93 bits per heavy atom. The van der Waals surface area contributed by atoms with Crippen LogP contribution in [-0.4, -0.2) is 8.75 Å². The molecule has 0 bridgehead atoms. The molecular weight excluding hydrogens is 279 g/mol. The van der Waals surface area contributed by atoms with Crippen molar-refractivity contribution in [2.75, 3.05) is 0 Å². The maximum absolute atomic E-state index is 5.89. The van der Waals surface area contributed by atoms with Crippen molar-refractivity contribution in [1.29, 1.82) is 0 Å². The summed E-state index contributed by atoms with van der Waals surface area (Å²) in [6, 6.07) is 4.88. The maximum Gasteiger partial charge on any atom is 0.270 e. The van der Waals surface area contributed by atoms with E-state index >= 15 is 0 Å². The molecule has 7 heteroatoms. The second kappa shape index (κ2) is 4.53. The smallest absolute Gasteiger partial charge is 0.270 e. The molecule has 15 heavy (non-hydrogen) atoms. The molecule has 2 aromatic rings. The third kappa shape index (κ3) is 2.52. The number of rotatable bonds is 2. The predicted octanol–water partition coefficient (Wildman–Crippen LogP) is 4.29. The normalized spacial score (nSPS) is 10.3. The second-order valence-electron chi connectivity index (χ2n) is 2.54. The van der Waals surface area contributed by atoms with Crippen LogP contribution in [-0.2, 0) is 0 Å². The largest absolute Gasteiger partial charge is 0.434 e. The molecule has 1 heterocycles. The van der Waals surface area contributed by atoms with E-state index in [2.05, 4.69) is 8.75 Å². The summed E-state index contributed by atoms with van der Waals surface area (Å²) >= 11 is 18.4. The average molecular weight is 282 g/mol. The Labute approximate surface area is 105 Å². The van der Waals surface area contributed by atoms with Crippen LogP contribution in [0.25, 0.3) is 0 Å². The number of aromatic nitrogens is 2. The molecule has 0 saturated heterocycles. The van der Waals surface area contributed by atoms with E-state index < -0.39 is 0 Å². The third-order valence-electron chi connectivity index (χ3n) is 1.52. The molecule has 0 unspecified atom stereocenters. The molecule has 0 N–H and O–H groups in total. The summed E-state index contributed by atoms with van der Waals surface area (Å²) in [6.45, 7) is 0. The Morgan fingerprint density at radius 1 is 1.13 bits per heavy atom. The van der Waals surface area contributed by atoms with E-state index in [9.17, 15) is 0 Å². The van der Waals surface area contributed by atoms with Crippen molar-refractivity contribution in [1.82, 2.24) is 8.75 Å². The molecule has 1 aromatic carbocycles. The van der Waals surface area contributed by atoms with Crippen molar-refractivity contribution >= 4 is 46.5 Å². The van der Waals surface area contributed by atoms with Gasteiger partial charge in [-0.15, -0.1) is 4.37 Å². The van der Waals surface area contributed by atoms with Crippen molar-refractivity contribution in [2.45, 2.75) is 0 Å². The van der Waals surface area contributed by atoms with Gasteiger partial charge in [-0.2, -0.15) is 4.37 Å². The fraction of sp³-hybridized carbons (Fsp3) is 0. The molecule has 0 spiro atoms. The third-order valence-corrected chi connectivity index (χ3v) is 2.93. The molecule has 0 atom stereocenters. The van der Waals surface area contributed by atoms with Crippen LogP contribution in [0.5, 0.6) is 11.6 Å². The van der Waals surface area contributed by atoms with Crippen molar-refractivity contribution in [3.05, 3.63) is 33.4 Å². The summed E-state index contributed by atoms with van der Waals surface area (Å²) in [5, 5.41) is 1.16. The van der Waals surface area contributed by atoms with Gasteiger partial charge in [-0.25, -0.2) is 0 Å². The van der Waals surface area contributed by atoms with Gasteiger partial charge >= 0.3 is 0 Å². The summed E-state index contributed by atoms with van der Waals surface area (Å²) in [5.41, 5.74) is 0. The highest BCUT2D eigenvalue weighted by molar-refractivity contribution is 6.99. The number of benzene rings is 1. The molecule has 0 aliphatic heterocycles. The molecule has 0 amide bonds. The van der Waals surface area contributed by atoms with Gasteiger partial charge in [0.2, 0.25) is 5.15 Å². The Morgan fingerprint density at radius 3 is 2.60 bits per heavy atom. The van der Waals surface area contributed by atoms with Gasteiger partial charge in [0.15, 0.2) is 0 Å². The van der Waals surface area contributed by atoms with Crippen LogP contribution in [0.1, 0.15) is 0 Å². The topological polar surface area (TPSA) is 35.0 Å². The molecule has 0 aliphatic rings. The lowest BCUT2D eigenvalue weighted by molar-refractivity contribution is 0.468. The first-order valence-electron chi connectivity index (χ1n) is 3.78. The number of halogens is 3. The molecule has 3 nitrogen and oxygen atoms in total. The highest BCUT2D eigenvalue weighted by Crippen LogP contribution is 2.33. The van der Waals surface area contributed by atoms with Gasteiger partial charge in [0.25, 0.3) is 5.88 Å². The van der Waals surface area contributed by atoms with Crippen molar-refractivity contribution in [3.8, 4) is 11.6 Å². The van der Waals surface area contributed by atoms with Crippen LogP contribution in [0, 0.1) is 0 Å². The molecule has 1 aromatic heterocycles. The lowest BCUT2D eigenvalue weighted by Gasteiger charge is -2.04. The van der Waals surface area contributed by atoms with Crippen molar-refractivity contribution < 1.29 is 4.74 Å². The van der Waals surface area contributed by atoms with E-state index in [1.807, 2.05) is 0 Å². The lowest BCUT2D eigenvalue weighted by atomic mass is 10.3. The van der Waals surface area contributed by atoms with Crippen LogP contribution >= 0.6 is 46.5 Å². The molecule has 0 saturated carbocycles. The summed E-state index contributed by atoms with van der Waals surface area (Å²) in [4.78, 5) is 0. The number of ether oxygens (including phenoxy) is 1. The maximum atomic E-state index is 5.89. The van der Waals surface area contributed by atoms with Gasteiger partial charge in [-0.1, -0.05) is 34.8 Å². The Bertz CT molecular complexity index is 488. The number of hydrogen-bond donors (Lipinski definition) is 0. The van der Waals surface area contributed by atoms with E-state index in [1.165, 1.54) is 0 Å². The molecule has 0 radical (unpaired) electrons. The zero-order valence-corrected chi connectivity index (χ0v) is 10.2. The fourth-order valence-electron chi connectivity index (χ4n) is 0.890. The zero-order chi connectivity index (χ0) is 10.8. The van der Waals surface area contributed by atoms with Crippen LogP contribution in [0.3, 0.4) is 0 Å². The Kier molecular flexibility index (Phi) is 3.31. The first-order chi connectivity index (χ1) is 7.16. The summed E-state index contributed by atoms with van der Waals surface area (Å²) in [7, 11) is 0. The van der Waals surface area contributed by atoms with Gasteiger partial charge in [0.1, 0.15) is 5.75 Å². The molecule has 0 aliphatic carbocycles. The van der Waals surface area contributed by atoms with Gasteiger partial charge < -0.3 is 4.74 Å². The zero-order valence-electron chi connectivity index (χ0n) is 7.08. The number of hydrogen-bond acceptors (Lipinski definition) is 4. The van der Waals surface area contributed by atoms with Gasteiger partial charge in [-0.05, 0) is 12.1 Å². The Hall–Kier alpha value is -0.550. The van der Waals surface area contributed by atoms with Crippen molar-refractivity contribution in [2.24, 2.45) is 0 Å². The quantitative estimate of drug-likeness (QED) is 0.823. The SMILES string of the molecule is Clc1ccc(Cl)c(Oc2nsnc2Cl)c1. The highest BCUT2D eigenvalue weighted by atomic mass is 35.5. The van der Waals surface area contributed by atoms with E-state index in [0.717, 1.165) is 11.7 Å². The number of nitrogens with zero attached hydrogens (tertiary/aromatic N) is 2. The van der Waals surface area contributed by atoms with Gasteiger partial charge in [0, 0.05) is 11.1 Å². The van der Waals surface area contributed by atoms with Crippen molar-refractivity contribution in [3.63, 3.8) is 0 Å². The first-order valence-corrected chi connectivity index (χ1v) is 5.64. The minimum Gasteiger partial charge on any atom is -0.434 e. The summed E-state index contributed by atoms with van der Waals surface area (Å²) in [6.07, 6.45) is 0. The lowest BCUT2D eigenvalue weighted by Crippen LogP contribution is -1.85. The average Bonchev–Trinajstić information content (AvgIpc) is 2.58. The van der Waals surface area contributed by atoms with E-state index in [0.29, 0.717) is 15.8 Å². The monoisotopic (exact) mass is 280 g/mol.